The molecule has 0 radical (unpaired) electrons. The van der Waals surface area contributed by atoms with Gasteiger partial charge in [0.25, 0.3) is 5.91 Å². The molecule has 1 aliphatic heterocycles. The predicted molar refractivity (Wildman–Crippen MR) is 153 cm³/mol. The standard InChI is InChI=1S/C30H33Cl2F3N4O2/c1-19-5-4-6-25(38-19)41-27(21-7-9-22(10-8-21)30(33,34)35)29(3)12-15-39(16-13-29)20(2)11-14-37-28(40)26-23(31)17-36-18-24(26)32/h4-10,17-18,20,27H,11-16H2,1-3H3,(H,37,40). The molecule has 1 amide bonds. The Morgan fingerprint density at radius 3 is 2.32 bits per heavy atom. The third-order valence-electron chi connectivity index (χ3n) is 7.77. The van der Waals surface area contributed by atoms with Gasteiger partial charge in [-0.1, -0.05) is 48.3 Å². The number of aromatic nitrogens is 2. The first-order valence-electron chi connectivity index (χ1n) is 13.5. The number of pyridine rings is 2. The van der Waals surface area contributed by atoms with Gasteiger partial charge in [0.2, 0.25) is 5.88 Å². The molecule has 41 heavy (non-hydrogen) atoms. The highest BCUT2D eigenvalue weighted by Gasteiger charge is 2.41. The van der Waals surface area contributed by atoms with Crippen molar-refractivity contribution < 1.29 is 22.7 Å². The van der Waals surface area contributed by atoms with Crippen LogP contribution in [0, 0.1) is 12.3 Å². The number of carbonyl (C=O) groups excluding carboxylic acids is 1. The highest BCUT2D eigenvalue weighted by molar-refractivity contribution is 6.39. The topological polar surface area (TPSA) is 67.3 Å². The minimum Gasteiger partial charge on any atom is -0.469 e. The summed E-state index contributed by atoms with van der Waals surface area (Å²) in [5, 5.41) is 3.28. The van der Waals surface area contributed by atoms with Gasteiger partial charge in [-0.2, -0.15) is 13.2 Å². The van der Waals surface area contributed by atoms with Crippen molar-refractivity contribution in [3.63, 3.8) is 0 Å². The van der Waals surface area contributed by atoms with Crippen LogP contribution in [0.3, 0.4) is 0 Å². The fourth-order valence-corrected chi connectivity index (χ4v) is 5.73. The van der Waals surface area contributed by atoms with E-state index in [-0.39, 0.29) is 33.0 Å². The number of likely N-dealkylation sites (tertiary alicyclic amines) is 1. The maximum atomic E-state index is 13.2. The van der Waals surface area contributed by atoms with E-state index >= 15 is 0 Å². The second-order valence-electron chi connectivity index (χ2n) is 10.8. The smallest absolute Gasteiger partial charge is 0.416 e. The Morgan fingerprint density at radius 1 is 1.10 bits per heavy atom. The SMILES string of the molecule is Cc1cccc(OC(c2ccc(C(F)(F)F)cc2)C2(C)CCN(C(C)CCNC(=O)c3c(Cl)cncc3Cl)CC2)n1. The molecule has 1 aromatic carbocycles. The van der Waals surface area contributed by atoms with Gasteiger partial charge >= 0.3 is 6.18 Å². The molecule has 0 bridgehead atoms. The number of nitrogens with one attached hydrogen (secondary N) is 1. The molecule has 2 aromatic heterocycles. The van der Waals surface area contributed by atoms with Crippen LogP contribution in [0.2, 0.25) is 10.0 Å². The third-order valence-corrected chi connectivity index (χ3v) is 8.34. The Balaban J connectivity index is 1.41. The van der Waals surface area contributed by atoms with Crippen LogP contribution in [-0.2, 0) is 6.18 Å². The predicted octanol–water partition coefficient (Wildman–Crippen LogP) is 7.54. The van der Waals surface area contributed by atoms with E-state index in [0.717, 1.165) is 50.2 Å². The Bertz CT molecular complexity index is 1330. The second kappa shape index (κ2) is 13.0. The quantitative estimate of drug-likeness (QED) is 0.272. The van der Waals surface area contributed by atoms with Crippen molar-refractivity contribution in [1.82, 2.24) is 20.2 Å². The first kappa shape index (κ1) is 31.1. The van der Waals surface area contributed by atoms with E-state index in [1.165, 1.54) is 24.5 Å². The van der Waals surface area contributed by atoms with Crippen LogP contribution in [0.5, 0.6) is 5.88 Å². The van der Waals surface area contributed by atoms with E-state index in [4.69, 9.17) is 27.9 Å². The molecule has 0 saturated carbocycles. The Kier molecular flexibility index (Phi) is 9.82. The van der Waals surface area contributed by atoms with Gasteiger partial charge in [0.15, 0.2) is 0 Å². The first-order valence-corrected chi connectivity index (χ1v) is 14.2. The van der Waals surface area contributed by atoms with Crippen molar-refractivity contribution in [2.75, 3.05) is 19.6 Å². The van der Waals surface area contributed by atoms with Gasteiger partial charge < -0.3 is 15.0 Å². The molecule has 2 unspecified atom stereocenters. The third kappa shape index (κ3) is 7.70. The molecular formula is C30H33Cl2F3N4O2. The van der Waals surface area contributed by atoms with E-state index in [9.17, 15) is 18.0 Å². The van der Waals surface area contributed by atoms with Crippen LogP contribution in [0.4, 0.5) is 13.2 Å². The molecule has 4 rings (SSSR count). The maximum Gasteiger partial charge on any atom is 0.416 e. The summed E-state index contributed by atoms with van der Waals surface area (Å²) in [5.74, 6) is 0.0965. The zero-order valence-corrected chi connectivity index (χ0v) is 24.7. The van der Waals surface area contributed by atoms with Crippen molar-refractivity contribution in [2.45, 2.75) is 58.4 Å². The molecule has 220 valence electrons. The Morgan fingerprint density at radius 2 is 1.73 bits per heavy atom. The number of aryl methyl sites for hydroxylation is 1. The number of benzene rings is 1. The van der Waals surface area contributed by atoms with E-state index in [1.54, 1.807) is 6.07 Å². The van der Waals surface area contributed by atoms with Crippen LogP contribution in [0.15, 0.2) is 54.9 Å². The van der Waals surface area contributed by atoms with Crippen molar-refractivity contribution in [1.29, 1.82) is 0 Å². The fraction of sp³-hybridized carbons (Fsp3) is 0.433. The van der Waals surface area contributed by atoms with Crippen LogP contribution in [0.1, 0.15) is 66.4 Å². The molecule has 1 saturated heterocycles. The molecule has 1 N–H and O–H groups in total. The number of carbonyl (C=O) groups is 1. The molecule has 3 heterocycles. The molecule has 2 atom stereocenters. The largest absolute Gasteiger partial charge is 0.469 e. The van der Waals surface area contributed by atoms with Crippen molar-refractivity contribution >= 4 is 29.1 Å². The van der Waals surface area contributed by atoms with Gasteiger partial charge in [0, 0.05) is 42.2 Å². The monoisotopic (exact) mass is 608 g/mol. The van der Waals surface area contributed by atoms with E-state index in [0.29, 0.717) is 18.0 Å². The number of hydrogen-bond acceptors (Lipinski definition) is 5. The summed E-state index contributed by atoms with van der Waals surface area (Å²) in [6, 6.07) is 10.9. The maximum absolute atomic E-state index is 13.2. The Hall–Kier alpha value is -2.88. The number of piperidine rings is 1. The van der Waals surface area contributed by atoms with Gasteiger partial charge in [-0.15, -0.1) is 0 Å². The van der Waals surface area contributed by atoms with Crippen molar-refractivity contribution in [2.24, 2.45) is 5.41 Å². The summed E-state index contributed by atoms with van der Waals surface area (Å²) in [6.07, 6.45) is 0.125. The summed E-state index contributed by atoms with van der Waals surface area (Å²) >= 11 is 12.2. The summed E-state index contributed by atoms with van der Waals surface area (Å²) in [4.78, 5) is 23.3. The summed E-state index contributed by atoms with van der Waals surface area (Å²) in [7, 11) is 0. The lowest BCUT2D eigenvalue weighted by Gasteiger charge is -2.45. The summed E-state index contributed by atoms with van der Waals surface area (Å²) in [6.45, 7) is 8.09. The van der Waals surface area contributed by atoms with E-state index < -0.39 is 17.8 Å². The van der Waals surface area contributed by atoms with Gasteiger partial charge in [0.1, 0.15) is 6.10 Å². The number of halogens is 5. The number of amides is 1. The molecular weight excluding hydrogens is 576 g/mol. The van der Waals surface area contributed by atoms with Crippen LogP contribution in [-0.4, -0.2) is 46.5 Å². The van der Waals surface area contributed by atoms with Gasteiger partial charge in [-0.25, -0.2) is 4.98 Å². The van der Waals surface area contributed by atoms with E-state index in [1.807, 2.05) is 19.1 Å². The minimum absolute atomic E-state index is 0.187. The zero-order chi connectivity index (χ0) is 29.8. The van der Waals surface area contributed by atoms with Gasteiger partial charge in [0.05, 0.1) is 21.2 Å². The molecule has 0 aliphatic carbocycles. The van der Waals surface area contributed by atoms with Crippen LogP contribution >= 0.6 is 23.2 Å². The number of nitrogens with zero attached hydrogens (tertiary/aromatic N) is 3. The number of hydrogen-bond donors (Lipinski definition) is 1. The summed E-state index contributed by atoms with van der Waals surface area (Å²) in [5.41, 5.74) is 0.652. The normalized spacial score (nSPS) is 17.1. The summed E-state index contributed by atoms with van der Waals surface area (Å²) < 4.78 is 46.1. The highest BCUT2D eigenvalue weighted by atomic mass is 35.5. The average Bonchev–Trinajstić information content (AvgIpc) is 2.91. The lowest BCUT2D eigenvalue weighted by Crippen LogP contribution is -2.47. The minimum atomic E-state index is -4.41. The van der Waals surface area contributed by atoms with Crippen LogP contribution in [0.25, 0.3) is 0 Å². The number of rotatable bonds is 9. The van der Waals surface area contributed by atoms with Crippen molar-refractivity contribution in [3.05, 3.63) is 87.3 Å². The van der Waals surface area contributed by atoms with Gasteiger partial charge in [-0.05, 0) is 70.0 Å². The lowest BCUT2D eigenvalue weighted by atomic mass is 9.72. The molecule has 11 heteroatoms. The molecule has 6 nitrogen and oxygen atoms in total. The molecule has 1 aliphatic rings. The van der Waals surface area contributed by atoms with Crippen LogP contribution < -0.4 is 10.1 Å². The van der Waals surface area contributed by atoms with E-state index in [2.05, 4.69) is 34.0 Å². The average molecular weight is 610 g/mol. The molecule has 3 aromatic rings. The lowest BCUT2D eigenvalue weighted by molar-refractivity contribution is -0.137. The highest BCUT2D eigenvalue weighted by Crippen LogP contribution is 2.46. The molecule has 0 spiro atoms. The molecule has 1 fully saturated rings. The fourth-order valence-electron chi connectivity index (χ4n) is 5.20. The zero-order valence-electron chi connectivity index (χ0n) is 23.1. The van der Waals surface area contributed by atoms with Gasteiger partial charge in [-0.3, -0.25) is 9.78 Å². The number of ether oxygens (including phenoxy) is 1. The van der Waals surface area contributed by atoms with Crippen molar-refractivity contribution in [3.8, 4) is 5.88 Å². The second-order valence-corrected chi connectivity index (χ2v) is 11.6. The first-order chi connectivity index (χ1) is 19.4. The Labute approximate surface area is 248 Å². The number of alkyl halides is 3.